The Labute approximate surface area is 168 Å². The minimum Gasteiger partial charge on any atom is -0.342 e. The number of aromatic nitrogens is 2. The Morgan fingerprint density at radius 1 is 1.10 bits per heavy atom. The van der Waals surface area contributed by atoms with Gasteiger partial charge in [-0.2, -0.15) is 4.98 Å². The fourth-order valence-corrected chi connectivity index (χ4v) is 4.27. The Balaban J connectivity index is 1.25. The SMILES string of the molecule is O=C(C1CC1c1ccccc1)N1CCCC(c2nc(-c3ccc(F)cc3)no2)C1. The van der Waals surface area contributed by atoms with E-state index in [0.29, 0.717) is 29.7 Å². The van der Waals surface area contributed by atoms with Crippen LogP contribution in [0.4, 0.5) is 4.39 Å². The van der Waals surface area contributed by atoms with Crippen molar-refractivity contribution in [3.63, 3.8) is 0 Å². The van der Waals surface area contributed by atoms with Crippen molar-refractivity contribution in [1.82, 2.24) is 15.0 Å². The highest BCUT2D eigenvalue weighted by Gasteiger charge is 2.46. The molecule has 3 atom stereocenters. The number of amides is 1. The van der Waals surface area contributed by atoms with Gasteiger partial charge in [-0.15, -0.1) is 0 Å². The summed E-state index contributed by atoms with van der Waals surface area (Å²) in [6.45, 7) is 1.40. The van der Waals surface area contributed by atoms with Gasteiger partial charge >= 0.3 is 0 Å². The highest BCUT2D eigenvalue weighted by atomic mass is 19.1. The van der Waals surface area contributed by atoms with Gasteiger partial charge in [-0.3, -0.25) is 4.79 Å². The molecule has 2 fully saturated rings. The van der Waals surface area contributed by atoms with Crippen molar-refractivity contribution < 1.29 is 13.7 Å². The normalized spacial score (nSPS) is 23.8. The molecule has 1 saturated carbocycles. The molecule has 0 N–H and O–H groups in total. The molecule has 0 radical (unpaired) electrons. The van der Waals surface area contributed by atoms with Crippen molar-refractivity contribution in [2.75, 3.05) is 13.1 Å². The summed E-state index contributed by atoms with van der Waals surface area (Å²) in [6.07, 6.45) is 2.77. The van der Waals surface area contributed by atoms with E-state index in [2.05, 4.69) is 22.3 Å². The smallest absolute Gasteiger partial charge is 0.231 e. The van der Waals surface area contributed by atoms with E-state index in [-0.39, 0.29) is 23.6 Å². The molecule has 6 heteroatoms. The molecule has 1 aliphatic heterocycles. The molecule has 1 aliphatic carbocycles. The van der Waals surface area contributed by atoms with Crippen LogP contribution in [0.1, 0.15) is 42.6 Å². The van der Waals surface area contributed by atoms with Gasteiger partial charge < -0.3 is 9.42 Å². The van der Waals surface area contributed by atoms with E-state index in [1.165, 1.54) is 17.7 Å². The molecular weight excluding hydrogens is 369 g/mol. The molecule has 1 aromatic heterocycles. The molecule has 148 valence electrons. The summed E-state index contributed by atoms with van der Waals surface area (Å²) in [4.78, 5) is 19.5. The third-order valence-corrected chi connectivity index (χ3v) is 5.96. The van der Waals surface area contributed by atoms with Gasteiger partial charge in [0.05, 0.1) is 5.92 Å². The van der Waals surface area contributed by atoms with Gasteiger partial charge in [0.25, 0.3) is 0 Å². The van der Waals surface area contributed by atoms with Crippen LogP contribution >= 0.6 is 0 Å². The van der Waals surface area contributed by atoms with Crippen molar-refractivity contribution >= 4 is 5.91 Å². The molecule has 1 amide bonds. The second-order valence-corrected chi connectivity index (χ2v) is 7.95. The number of carbonyl (C=O) groups is 1. The molecule has 3 aromatic rings. The lowest BCUT2D eigenvalue weighted by molar-refractivity contribution is -0.134. The average molecular weight is 391 g/mol. The van der Waals surface area contributed by atoms with Gasteiger partial charge in [0.15, 0.2) is 0 Å². The molecule has 1 saturated heterocycles. The largest absolute Gasteiger partial charge is 0.342 e. The highest BCUT2D eigenvalue weighted by molar-refractivity contribution is 5.83. The maximum absolute atomic E-state index is 13.1. The fourth-order valence-electron chi connectivity index (χ4n) is 4.27. The molecule has 5 rings (SSSR count). The Bertz CT molecular complexity index is 1000. The van der Waals surface area contributed by atoms with Gasteiger partial charge in [-0.1, -0.05) is 35.5 Å². The molecule has 29 heavy (non-hydrogen) atoms. The molecule has 2 aromatic carbocycles. The first-order chi connectivity index (χ1) is 14.2. The zero-order valence-corrected chi connectivity index (χ0v) is 16.0. The van der Waals surface area contributed by atoms with Gasteiger partial charge in [0, 0.05) is 24.6 Å². The molecule has 3 unspecified atom stereocenters. The average Bonchev–Trinajstić information content (AvgIpc) is 3.42. The van der Waals surface area contributed by atoms with Crippen molar-refractivity contribution in [2.45, 2.75) is 31.1 Å². The topological polar surface area (TPSA) is 59.2 Å². The predicted octanol–water partition coefficient (Wildman–Crippen LogP) is 4.39. The van der Waals surface area contributed by atoms with Crippen LogP contribution in [-0.2, 0) is 4.79 Å². The van der Waals surface area contributed by atoms with E-state index < -0.39 is 0 Å². The summed E-state index contributed by atoms with van der Waals surface area (Å²) in [7, 11) is 0. The second kappa shape index (κ2) is 7.43. The van der Waals surface area contributed by atoms with E-state index in [9.17, 15) is 9.18 Å². The van der Waals surface area contributed by atoms with Crippen molar-refractivity contribution in [1.29, 1.82) is 0 Å². The predicted molar refractivity (Wildman–Crippen MR) is 106 cm³/mol. The third kappa shape index (κ3) is 3.67. The molecule has 2 heterocycles. The summed E-state index contributed by atoms with van der Waals surface area (Å²) >= 11 is 0. The molecule has 5 nitrogen and oxygen atoms in total. The van der Waals surface area contributed by atoms with E-state index >= 15 is 0 Å². The van der Waals surface area contributed by atoms with Crippen LogP contribution in [0.3, 0.4) is 0 Å². The number of halogens is 1. The third-order valence-electron chi connectivity index (χ3n) is 5.96. The zero-order valence-electron chi connectivity index (χ0n) is 16.0. The monoisotopic (exact) mass is 391 g/mol. The fraction of sp³-hybridized carbons (Fsp3) is 0.348. The van der Waals surface area contributed by atoms with Crippen molar-refractivity contribution in [3.05, 3.63) is 71.9 Å². The first kappa shape index (κ1) is 18.0. The van der Waals surface area contributed by atoms with Crippen LogP contribution < -0.4 is 0 Å². The number of rotatable bonds is 4. The standard InChI is InChI=1S/C23H22FN3O2/c24-18-10-8-16(9-11-18)21-25-22(29-26-21)17-7-4-12-27(14-17)23(28)20-13-19(20)15-5-2-1-3-6-15/h1-3,5-6,8-11,17,19-20H,4,7,12-14H2. The van der Waals surface area contributed by atoms with E-state index in [1.807, 2.05) is 23.1 Å². The number of piperidine rings is 1. The van der Waals surface area contributed by atoms with Crippen LogP contribution in [0, 0.1) is 11.7 Å². The minimum absolute atomic E-state index is 0.0447. The first-order valence-corrected chi connectivity index (χ1v) is 10.1. The number of hydrogen-bond donors (Lipinski definition) is 0. The van der Waals surface area contributed by atoms with Gasteiger partial charge in [-0.05, 0) is 55.0 Å². The first-order valence-electron chi connectivity index (χ1n) is 10.1. The maximum Gasteiger partial charge on any atom is 0.231 e. The van der Waals surface area contributed by atoms with Gasteiger partial charge in [0.1, 0.15) is 5.82 Å². The summed E-state index contributed by atoms with van der Waals surface area (Å²) < 4.78 is 18.6. The minimum atomic E-state index is -0.298. The number of nitrogens with zero attached hydrogens (tertiary/aromatic N) is 3. The molecular formula is C23H22FN3O2. The van der Waals surface area contributed by atoms with Crippen LogP contribution in [-0.4, -0.2) is 34.0 Å². The van der Waals surface area contributed by atoms with E-state index in [0.717, 1.165) is 25.8 Å². The van der Waals surface area contributed by atoms with E-state index in [4.69, 9.17) is 4.52 Å². The quantitative estimate of drug-likeness (QED) is 0.662. The number of likely N-dealkylation sites (tertiary alicyclic amines) is 1. The zero-order chi connectivity index (χ0) is 19.8. The second-order valence-electron chi connectivity index (χ2n) is 7.95. The highest BCUT2D eigenvalue weighted by Crippen LogP contribution is 2.48. The Morgan fingerprint density at radius 3 is 2.69 bits per heavy atom. The van der Waals surface area contributed by atoms with Crippen LogP contribution in [0.2, 0.25) is 0 Å². The number of hydrogen-bond acceptors (Lipinski definition) is 4. The lowest BCUT2D eigenvalue weighted by atomic mass is 9.97. The summed E-state index contributed by atoms with van der Waals surface area (Å²) in [5.74, 6) is 1.43. The molecule has 2 aliphatic rings. The Hall–Kier alpha value is -3.02. The van der Waals surface area contributed by atoms with E-state index in [1.54, 1.807) is 12.1 Å². The maximum atomic E-state index is 13.1. The summed E-state index contributed by atoms with van der Waals surface area (Å²) in [5.41, 5.74) is 1.97. The number of benzene rings is 2. The Morgan fingerprint density at radius 2 is 1.90 bits per heavy atom. The van der Waals surface area contributed by atoms with Crippen molar-refractivity contribution in [2.24, 2.45) is 5.92 Å². The van der Waals surface area contributed by atoms with Gasteiger partial charge in [0.2, 0.25) is 17.6 Å². The van der Waals surface area contributed by atoms with Gasteiger partial charge in [-0.25, -0.2) is 4.39 Å². The van der Waals surface area contributed by atoms with Crippen LogP contribution in [0.5, 0.6) is 0 Å². The Kier molecular flexibility index (Phi) is 4.62. The van der Waals surface area contributed by atoms with Crippen molar-refractivity contribution in [3.8, 4) is 11.4 Å². The summed E-state index contributed by atoms with van der Waals surface area (Å²) in [5, 5.41) is 4.05. The molecule has 0 spiro atoms. The molecule has 0 bridgehead atoms. The van der Waals surface area contributed by atoms with Crippen LogP contribution in [0.25, 0.3) is 11.4 Å². The summed E-state index contributed by atoms with van der Waals surface area (Å²) in [6, 6.07) is 16.3. The van der Waals surface area contributed by atoms with Crippen LogP contribution in [0.15, 0.2) is 59.1 Å². The number of carbonyl (C=O) groups excluding carboxylic acids is 1. The lowest BCUT2D eigenvalue weighted by Gasteiger charge is -2.31. The lowest BCUT2D eigenvalue weighted by Crippen LogP contribution is -2.40.